The number of benzene rings is 2. The van der Waals surface area contributed by atoms with Crippen LogP contribution in [0.5, 0.6) is 0 Å². The fourth-order valence-electron chi connectivity index (χ4n) is 8.68. The van der Waals surface area contributed by atoms with Crippen LogP contribution in [0.2, 0.25) is 5.02 Å². The Labute approximate surface area is 272 Å². The van der Waals surface area contributed by atoms with Gasteiger partial charge in [-0.15, -0.1) is 0 Å². The van der Waals surface area contributed by atoms with Gasteiger partial charge < -0.3 is 4.90 Å². The highest BCUT2D eigenvalue weighted by atomic mass is 35.5. The molecule has 5 aliphatic rings. The molecule has 238 valence electrons. The summed E-state index contributed by atoms with van der Waals surface area (Å²) in [5, 5.41) is 3.20. The molecule has 2 aromatic carbocycles. The van der Waals surface area contributed by atoms with Crippen molar-refractivity contribution in [2.24, 2.45) is 5.41 Å². The SMILES string of the molecule is CC1(C)CCC(CN2CCN(C3(c4ccc5c(c4)CN(C4CCC(=O)NC4=O)C5=O)CCCC3)CC2)=C(c2ccc(Cl)cc2)C1. The highest BCUT2D eigenvalue weighted by Crippen LogP contribution is 2.46. The number of carbonyl (C=O) groups is 3. The first-order valence-corrected chi connectivity index (χ1v) is 17.2. The molecule has 1 unspecified atom stereocenters. The normalized spacial score (nSPS) is 25.5. The number of fused-ring (bicyclic) bond motifs is 1. The number of rotatable bonds is 6. The maximum Gasteiger partial charge on any atom is 0.255 e. The molecular formula is C37H45ClN4O3. The Kier molecular flexibility index (Phi) is 8.16. The van der Waals surface area contributed by atoms with E-state index in [1.807, 2.05) is 18.2 Å². The Morgan fingerprint density at radius 2 is 1.64 bits per heavy atom. The van der Waals surface area contributed by atoms with E-state index < -0.39 is 6.04 Å². The van der Waals surface area contributed by atoms with Crippen LogP contribution >= 0.6 is 11.6 Å². The van der Waals surface area contributed by atoms with Crippen molar-refractivity contribution in [1.29, 1.82) is 0 Å². The van der Waals surface area contributed by atoms with Crippen molar-refractivity contribution in [3.8, 4) is 0 Å². The Bertz CT molecular complexity index is 1530. The van der Waals surface area contributed by atoms with Crippen LogP contribution in [-0.4, -0.2) is 71.2 Å². The van der Waals surface area contributed by atoms with E-state index in [-0.39, 0.29) is 29.7 Å². The number of carbonyl (C=O) groups excluding carboxylic acids is 3. The Morgan fingerprint density at radius 3 is 2.36 bits per heavy atom. The first-order valence-electron chi connectivity index (χ1n) is 16.8. The van der Waals surface area contributed by atoms with Gasteiger partial charge in [0.2, 0.25) is 11.8 Å². The molecule has 1 saturated carbocycles. The summed E-state index contributed by atoms with van der Waals surface area (Å²) in [4.78, 5) is 44.6. The van der Waals surface area contributed by atoms with E-state index in [1.54, 1.807) is 10.5 Å². The molecule has 3 fully saturated rings. The lowest BCUT2D eigenvalue weighted by Gasteiger charge is -2.47. The summed E-state index contributed by atoms with van der Waals surface area (Å²) in [5.41, 5.74) is 7.74. The molecule has 0 spiro atoms. The number of imide groups is 1. The summed E-state index contributed by atoms with van der Waals surface area (Å²) in [7, 11) is 0. The van der Waals surface area contributed by atoms with Crippen molar-refractivity contribution in [1.82, 2.24) is 20.0 Å². The summed E-state index contributed by atoms with van der Waals surface area (Å²) in [6.45, 7) is 10.4. The third-order valence-electron chi connectivity index (χ3n) is 11.3. The topological polar surface area (TPSA) is 73.0 Å². The number of amides is 3. The van der Waals surface area contributed by atoms with E-state index in [0.29, 0.717) is 23.9 Å². The zero-order chi connectivity index (χ0) is 31.3. The number of allylic oxidation sites excluding steroid dienone is 1. The summed E-state index contributed by atoms with van der Waals surface area (Å²) < 4.78 is 0. The zero-order valence-electron chi connectivity index (χ0n) is 26.7. The first-order chi connectivity index (χ1) is 21.6. The van der Waals surface area contributed by atoms with Gasteiger partial charge in [0.25, 0.3) is 5.91 Å². The van der Waals surface area contributed by atoms with Crippen molar-refractivity contribution >= 4 is 34.9 Å². The average Bonchev–Trinajstić information content (AvgIpc) is 3.64. The third kappa shape index (κ3) is 5.88. The highest BCUT2D eigenvalue weighted by Gasteiger charge is 2.44. The average molecular weight is 629 g/mol. The number of piperidine rings is 1. The minimum absolute atomic E-state index is 0.00514. The van der Waals surface area contributed by atoms with Gasteiger partial charge in [0.05, 0.1) is 0 Å². The van der Waals surface area contributed by atoms with Gasteiger partial charge in [-0.3, -0.25) is 29.5 Å². The molecule has 2 saturated heterocycles. The maximum absolute atomic E-state index is 13.3. The van der Waals surface area contributed by atoms with Gasteiger partial charge in [-0.05, 0) is 84.4 Å². The van der Waals surface area contributed by atoms with Crippen molar-refractivity contribution in [2.75, 3.05) is 32.7 Å². The molecule has 45 heavy (non-hydrogen) atoms. The van der Waals surface area contributed by atoms with E-state index in [2.05, 4.69) is 53.2 Å². The molecule has 1 atom stereocenters. The van der Waals surface area contributed by atoms with Gasteiger partial charge in [0, 0.05) is 61.8 Å². The number of hydrogen-bond donors (Lipinski definition) is 1. The van der Waals surface area contributed by atoms with Gasteiger partial charge >= 0.3 is 0 Å². The Balaban J connectivity index is 1.06. The van der Waals surface area contributed by atoms with Gasteiger partial charge in [0.1, 0.15) is 6.04 Å². The number of nitrogens with one attached hydrogen (secondary N) is 1. The summed E-state index contributed by atoms with van der Waals surface area (Å²) in [6.07, 6.45) is 8.85. The molecule has 7 rings (SSSR count). The Hall–Kier alpha value is -3.00. The van der Waals surface area contributed by atoms with E-state index in [1.165, 1.54) is 36.0 Å². The van der Waals surface area contributed by atoms with E-state index in [0.717, 1.165) is 69.0 Å². The highest BCUT2D eigenvalue weighted by molar-refractivity contribution is 6.30. The molecule has 2 aromatic rings. The predicted octanol–water partition coefficient (Wildman–Crippen LogP) is 6.15. The number of halogens is 1. The van der Waals surface area contributed by atoms with Crippen LogP contribution in [0.15, 0.2) is 48.0 Å². The quantitative estimate of drug-likeness (QED) is 0.389. The van der Waals surface area contributed by atoms with Gasteiger partial charge in [0.15, 0.2) is 0 Å². The van der Waals surface area contributed by atoms with E-state index in [9.17, 15) is 14.4 Å². The second kappa shape index (κ2) is 12.0. The summed E-state index contributed by atoms with van der Waals surface area (Å²) in [5.74, 6) is -0.711. The van der Waals surface area contributed by atoms with Crippen LogP contribution < -0.4 is 5.32 Å². The standard InChI is InChI=1S/C37H45ClN4O3/c1-36(2)16-13-26(31(22-36)25-5-8-29(38)9-6-25)23-40-17-19-41(20-18-40)37(14-3-4-15-37)28-7-10-30-27(21-28)24-42(35(30)45)32-11-12-33(43)39-34(32)44/h5-10,21,32H,3-4,11-20,22-24H2,1-2H3,(H,39,43,44). The molecule has 3 heterocycles. The fourth-order valence-corrected chi connectivity index (χ4v) is 8.81. The van der Waals surface area contributed by atoms with Crippen molar-refractivity contribution in [2.45, 2.75) is 89.8 Å². The lowest BCUT2D eigenvalue weighted by atomic mass is 9.72. The third-order valence-corrected chi connectivity index (χ3v) is 11.5. The summed E-state index contributed by atoms with van der Waals surface area (Å²) >= 11 is 6.23. The smallest absolute Gasteiger partial charge is 0.255 e. The molecule has 2 aliphatic carbocycles. The molecule has 8 heteroatoms. The van der Waals surface area contributed by atoms with Crippen molar-refractivity contribution in [3.05, 3.63) is 75.3 Å². The number of nitrogens with zero attached hydrogens (tertiary/aromatic N) is 3. The predicted molar refractivity (Wildman–Crippen MR) is 177 cm³/mol. The van der Waals surface area contributed by atoms with Crippen LogP contribution in [0.1, 0.15) is 98.7 Å². The summed E-state index contributed by atoms with van der Waals surface area (Å²) in [6, 6.07) is 14.3. The molecule has 0 radical (unpaired) electrons. The molecule has 1 N–H and O–H groups in total. The van der Waals surface area contributed by atoms with Crippen LogP contribution in [0, 0.1) is 5.41 Å². The zero-order valence-corrected chi connectivity index (χ0v) is 27.4. The molecule has 3 aliphatic heterocycles. The Morgan fingerprint density at radius 1 is 0.911 bits per heavy atom. The molecule has 3 amide bonds. The number of piperazine rings is 1. The van der Waals surface area contributed by atoms with Gasteiger partial charge in [-0.1, -0.05) is 68.1 Å². The van der Waals surface area contributed by atoms with E-state index in [4.69, 9.17) is 11.6 Å². The molecular weight excluding hydrogens is 584 g/mol. The fraction of sp³-hybridized carbons (Fsp3) is 0.541. The van der Waals surface area contributed by atoms with Crippen LogP contribution in [0.3, 0.4) is 0 Å². The second-order valence-corrected chi connectivity index (χ2v) is 15.1. The lowest BCUT2D eigenvalue weighted by molar-refractivity contribution is -0.136. The van der Waals surface area contributed by atoms with Crippen LogP contribution in [0.4, 0.5) is 0 Å². The van der Waals surface area contributed by atoms with Gasteiger partial charge in [-0.2, -0.15) is 0 Å². The van der Waals surface area contributed by atoms with Crippen molar-refractivity contribution < 1.29 is 14.4 Å². The van der Waals surface area contributed by atoms with Crippen LogP contribution in [-0.2, 0) is 21.7 Å². The molecule has 7 nitrogen and oxygen atoms in total. The molecule has 0 bridgehead atoms. The largest absolute Gasteiger partial charge is 0.322 e. The van der Waals surface area contributed by atoms with E-state index >= 15 is 0 Å². The lowest BCUT2D eigenvalue weighted by Crippen LogP contribution is -2.54. The maximum atomic E-state index is 13.3. The van der Waals surface area contributed by atoms with Crippen LogP contribution in [0.25, 0.3) is 5.57 Å². The number of hydrogen-bond acceptors (Lipinski definition) is 5. The monoisotopic (exact) mass is 628 g/mol. The van der Waals surface area contributed by atoms with Crippen molar-refractivity contribution in [3.63, 3.8) is 0 Å². The minimum atomic E-state index is -0.579. The van der Waals surface area contributed by atoms with Gasteiger partial charge in [-0.25, -0.2) is 0 Å². The molecule has 0 aromatic heterocycles. The second-order valence-electron chi connectivity index (χ2n) is 14.7. The first kappa shape index (κ1) is 30.6. The minimum Gasteiger partial charge on any atom is -0.322 e.